The van der Waals surface area contributed by atoms with E-state index in [1.165, 1.54) is 11.8 Å². The van der Waals surface area contributed by atoms with E-state index in [2.05, 4.69) is 9.97 Å². The van der Waals surface area contributed by atoms with Gasteiger partial charge in [0.25, 0.3) is 5.56 Å². The first-order valence-corrected chi connectivity index (χ1v) is 9.48. The Morgan fingerprint density at radius 3 is 2.96 bits per heavy atom. The maximum atomic E-state index is 12.8. The summed E-state index contributed by atoms with van der Waals surface area (Å²) >= 11 is 1.41. The Labute approximate surface area is 153 Å². The van der Waals surface area contributed by atoms with Crippen LogP contribution in [0.2, 0.25) is 0 Å². The molecule has 0 spiro atoms. The summed E-state index contributed by atoms with van der Waals surface area (Å²) in [4.78, 5) is 34.4. The number of hydrogen-bond donors (Lipinski definition) is 2. The zero-order chi connectivity index (χ0) is 18.3. The summed E-state index contributed by atoms with van der Waals surface area (Å²) in [6, 6.07) is 7.05. The van der Waals surface area contributed by atoms with E-state index in [4.69, 9.17) is 10.2 Å². The average Bonchev–Trinajstić information content (AvgIpc) is 2.65. The van der Waals surface area contributed by atoms with Crippen LogP contribution in [0.3, 0.4) is 0 Å². The minimum atomic E-state index is -0.125. The van der Waals surface area contributed by atoms with Gasteiger partial charge in [-0.3, -0.25) is 14.5 Å². The number of rotatable bonds is 3. The predicted octanol–water partition coefficient (Wildman–Crippen LogP) is 1.74. The Hall–Kier alpha value is -2.58. The van der Waals surface area contributed by atoms with Crippen LogP contribution in [0, 0.1) is 0 Å². The molecule has 1 aliphatic rings. The number of aromatic nitrogens is 2. The lowest BCUT2D eigenvalue weighted by molar-refractivity contribution is 0.239. The fourth-order valence-corrected chi connectivity index (χ4v) is 3.66. The first-order chi connectivity index (χ1) is 12.6. The third-order valence-corrected chi connectivity index (χ3v) is 5.20. The summed E-state index contributed by atoms with van der Waals surface area (Å²) in [5.74, 6) is 0.129. The van der Waals surface area contributed by atoms with Gasteiger partial charge in [-0.25, -0.2) is 4.98 Å². The molecule has 0 unspecified atom stereocenters. The highest BCUT2D eigenvalue weighted by atomic mass is 32.2. The normalized spacial score (nSPS) is 14.5. The molecule has 3 heterocycles. The molecule has 26 heavy (non-hydrogen) atoms. The van der Waals surface area contributed by atoms with Crippen molar-refractivity contribution >= 4 is 28.6 Å². The van der Waals surface area contributed by atoms with E-state index in [-0.39, 0.29) is 16.9 Å². The number of benzene rings is 1. The quantitative estimate of drug-likeness (QED) is 0.534. The molecule has 0 radical (unpaired) electrons. The van der Waals surface area contributed by atoms with Crippen molar-refractivity contribution in [3.8, 4) is 0 Å². The van der Waals surface area contributed by atoms with E-state index in [9.17, 15) is 9.59 Å². The molecule has 7 nitrogen and oxygen atoms in total. The van der Waals surface area contributed by atoms with Crippen LogP contribution in [0.25, 0.3) is 11.0 Å². The van der Waals surface area contributed by atoms with Gasteiger partial charge >= 0.3 is 0 Å². The van der Waals surface area contributed by atoms with Gasteiger partial charge in [-0.05, 0) is 18.4 Å². The fourth-order valence-electron chi connectivity index (χ4n) is 3.26. The van der Waals surface area contributed by atoms with E-state index < -0.39 is 0 Å². The zero-order valence-electron chi connectivity index (χ0n) is 14.2. The monoisotopic (exact) mass is 370 g/mol. The van der Waals surface area contributed by atoms with Crippen LogP contribution in [0.15, 0.2) is 43.4 Å². The number of para-hydroxylation sites is 1. The van der Waals surface area contributed by atoms with E-state index in [0.29, 0.717) is 53.3 Å². The number of H-pyrrole nitrogens is 1. The van der Waals surface area contributed by atoms with Crippen LogP contribution in [0.1, 0.15) is 16.8 Å². The molecule has 1 aliphatic heterocycles. The molecule has 1 aromatic carbocycles. The Morgan fingerprint density at radius 2 is 2.15 bits per heavy atom. The van der Waals surface area contributed by atoms with Gasteiger partial charge in [-0.1, -0.05) is 23.9 Å². The number of nitrogens with zero attached hydrogens (tertiary/aromatic N) is 2. The van der Waals surface area contributed by atoms with Gasteiger partial charge in [0.15, 0.2) is 16.5 Å². The molecule has 3 N–H and O–H groups in total. The number of anilines is 1. The lowest BCUT2D eigenvalue weighted by Gasteiger charge is -2.27. The van der Waals surface area contributed by atoms with Crippen molar-refractivity contribution in [3.63, 3.8) is 0 Å². The fraction of sp³-hybridized carbons (Fsp3) is 0.278. The van der Waals surface area contributed by atoms with Gasteiger partial charge < -0.3 is 15.1 Å². The number of fused-ring (bicyclic) bond motifs is 2. The first-order valence-electron chi connectivity index (χ1n) is 8.25. The average molecular weight is 370 g/mol. The summed E-state index contributed by atoms with van der Waals surface area (Å²) in [7, 11) is 0. The molecule has 0 atom stereocenters. The van der Waals surface area contributed by atoms with Gasteiger partial charge in [0, 0.05) is 26.1 Å². The maximum Gasteiger partial charge on any atom is 0.256 e. The summed E-state index contributed by atoms with van der Waals surface area (Å²) in [5, 5.41) is 1.14. The van der Waals surface area contributed by atoms with Gasteiger partial charge in [-0.2, -0.15) is 0 Å². The van der Waals surface area contributed by atoms with Crippen LogP contribution in [0.5, 0.6) is 0 Å². The lowest BCUT2D eigenvalue weighted by atomic mass is 10.1. The maximum absolute atomic E-state index is 12.8. The number of nitrogens with one attached hydrogen (secondary N) is 1. The third-order valence-electron chi connectivity index (χ3n) is 4.62. The van der Waals surface area contributed by atoms with Crippen LogP contribution < -0.4 is 16.7 Å². The zero-order valence-corrected chi connectivity index (χ0v) is 15.1. The summed E-state index contributed by atoms with van der Waals surface area (Å²) in [6.45, 7) is 1.46. The highest BCUT2D eigenvalue weighted by molar-refractivity contribution is 7.98. The second-order valence-electron chi connectivity index (χ2n) is 6.23. The number of aromatic amines is 1. The molecule has 0 saturated heterocycles. The SMILES string of the molecule is CSc1nc2c(c(=O)[nH]1)CN(Cc1c(N)oc3ccccc3c1=O)CC2. The van der Waals surface area contributed by atoms with Gasteiger partial charge in [-0.15, -0.1) is 0 Å². The number of thioether (sulfide) groups is 1. The largest absolute Gasteiger partial charge is 0.440 e. The topological polar surface area (TPSA) is 105 Å². The van der Waals surface area contributed by atoms with Crippen molar-refractivity contribution in [1.29, 1.82) is 0 Å². The Balaban J connectivity index is 1.66. The Bertz CT molecular complexity index is 1110. The van der Waals surface area contributed by atoms with Crippen molar-refractivity contribution in [2.24, 2.45) is 0 Å². The molecule has 0 amide bonds. The van der Waals surface area contributed by atoms with Gasteiger partial charge in [0.1, 0.15) is 5.58 Å². The number of nitrogens with two attached hydrogens (primary N) is 1. The van der Waals surface area contributed by atoms with Crippen LogP contribution >= 0.6 is 11.8 Å². The van der Waals surface area contributed by atoms with Crippen molar-refractivity contribution < 1.29 is 4.42 Å². The Morgan fingerprint density at radius 1 is 1.35 bits per heavy atom. The van der Waals surface area contributed by atoms with Crippen molar-refractivity contribution in [1.82, 2.24) is 14.9 Å². The number of nitrogen functional groups attached to an aromatic ring is 1. The van der Waals surface area contributed by atoms with E-state index in [1.807, 2.05) is 11.2 Å². The molecular weight excluding hydrogens is 352 g/mol. The molecular formula is C18H18N4O3S. The van der Waals surface area contributed by atoms with E-state index >= 15 is 0 Å². The number of hydrogen-bond acceptors (Lipinski definition) is 7. The standard InChI is InChI=1S/C18H18N4O3S/c1-26-18-20-13-6-7-22(8-11(13)17(24)21-18)9-12-15(23)10-4-2-3-5-14(10)25-16(12)19/h2-5H,6-9,19H2,1H3,(H,20,21,24). The third kappa shape index (κ3) is 2.91. The molecule has 0 fully saturated rings. The summed E-state index contributed by atoms with van der Waals surface area (Å²) in [5.41, 5.74) is 8.13. The minimum Gasteiger partial charge on any atom is -0.440 e. The molecule has 0 aliphatic carbocycles. The molecule has 134 valence electrons. The molecule has 0 bridgehead atoms. The summed E-state index contributed by atoms with van der Waals surface area (Å²) in [6.07, 6.45) is 2.53. The van der Waals surface area contributed by atoms with Crippen molar-refractivity contribution in [2.75, 3.05) is 18.5 Å². The molecule has 2 aromatic heterocycles. The van der Waals surface area contributed by atoms with Gasteiger partial charge in [0.2, 0.25) is 0 Å². The van der Waals surface area contributed by atoms with E-state index in [1.54, 1.807) is 24.3 Å². The highest BCUT2D eigenvalue weighted by Gasteiger charge is 2.23. The lowest BCUT2D eigenvalue weighted by Crippen LogP contribution is -2.36. The smallest absolute Gasteiger partial charge is 0.256 e. The van der Waals surface area contributed by atoms with Crippen LogP contribution in [-0.4, -0.2) is 27.7 Å². The molecule has 3 aromatic rings. The molecule has 4 rings (SSSR count). The van der Waals surface area contributed by atoms with Crippen molar-refractivity contribution in [2.45, 2.75) is 24.7 Å². The van der Waals surface area contributed by atoms with Crippen LogP contribution in [0.4, 0.5) is 5.88 Å². The molecule has 8 heteroatoms. The molecule has 0 saturated carbocycles. The predicted molar refractivity (Wildman–Crippen MR) is 101 cm³/mol. The summed E-state index contributed by atoms with van der Waals surface area (Å²) < 4.78 is 5.61. The first kappa shape index (κ1) is 16.9. The van der Waals surface area contributed by atoms with E-state index in [0.717, 1.165) is 5.69 Å². The Kier molecular flexibility index (Phi) is 4.29. The van der Waals surface area contributed by atoms with Crippen molar-refractivity contribution in [3.05, 3.63) is 61.7 Å². The second-order valence-corrected chi connectivity index (χ2v) is 7.03. The van der Waals surface area contributed by atoms with Gasteiger partial charge in [0.05, 0.1) is 22.2 Å². The highest BCUT2D eigenvalue weighted by Crippen LogP contribution is 2.22. The minimum absolute atomic E-state index is 0.123. The second kappa shape index (κ2) is 6.62. The van der Waals surface area contributed by atoms with Crippen LogP contribution in [-0.2, 0) is 19.5 Å².